The monoisotopic (exact) mass is 430 g/mol. The van der Waals surface area contributed by atoms with Crippen molar-refractivity contribution in [2.45, 2.75) is 38.1 Å². The molecule has 4 rings (SSSR count). The van der Waals surface area contributed by atoms with Crippen molar-refractivity contribution in [1.29, 1.82) is 5.26 Å². The predicted octanol–water partition coefficient (Wildman–Crippen LogP) is 3.81. The molecule has 2 atom stereocenters. The van der Waals surface area contributed by atoms with Crippen LogP contribution in [-0.2, 0) is 11.2 Å². The molecule has 1 fully saturated rings. The molecule has 2 aromatic heterocycles. The van der Waals surface area contributed by atoms with Crippen molar-refractivity contribution in [2.75, 3.05) is 7.11 Å². The molecule has 0 unspecified atom stereocenters. The van der Waals surface area contributed by atoms with Crippen LogP contribution in [0.2, 0.25) is 0 Å². The van der Waals surface area contributed by atoms with E-state index in [0.717, 1.165) is 29.4 Å². The van der Waals surface area contributed by atoms with Crippen LogP contribution < -0.4 is 10.1 Å². The Morgan fingerprint density at radius 2 is 2.12 bits per heavy atom. The second-order valence-electron chi connectivity index (χ2n) is 8.32. The Morgan fingerprint density at radius 3 is 2.81 bits per heavy atom. The molecule has 3 aromatic rings. The van der Waals surface area contributed by atoms with E-state index in [2.05, 4.69) is 21.4 Å². The minimum atomic E-state index is -0.688. The zero-order chi connectivity index (χ0) is 22.5. The number of pyridine rings is 1. The fourth-order valence-corrected chi connectivity index (χ4v) is 3.97. The zero-order valence-corrected chi connectivity index (χ0v) is 18.0. The third kappa shape index (κ3) is 5.14. The van der Waals surface area contributed by atoms with Gasteiger partial charge in [0, 0.05) is 41.6 Å². The molecule has 32 heavy (non-hydrogen) atoms. The van der Waals surface area contributed by atoms with E-state index in [-0.39, 0.29) is 18.1 Å². The molecule has 1 amide bonds. The van der Waals surface area contributed by atoms with E-state index < -0.39 is 12.0 Å². The SMILES string of the molecule is COc1cccc2[nH]c(C(=O)C[C@@H](CC3CC3)C(=O)N[C@H](C#N)Cc3ccccn3)cc12. The van der Waals surface area contributed by atoms with Crippen molar-refractivity contribution >= 4 is 22.6 Å². The number of amides is 1. The van der Waals surface area contributed by atoms with Crippen molar-refractivity contribution in [1.82, 2.24) is 15.3 Å². The van der Waals surface area contributed by atoms with Crippen molar-refractivity contribution in [3.8, 4) is 11.8 Å². The zero-order valence-electron chi connectivity index (χ0n) is 18.0. The summed E-state index contributed by atoms with van der Waals surface area (Å²) in [5.41, 5.74) is 2.01. The molecule has 1 aliphatic carbocycles. The van der Waals surface area contributed by atoms with Gasteiger partial charge in [0.25, 0.3) is 0 Å². The maximum absolute atomic E-state index is 13.0. The van der Waals surface area contributed by atoms with Gasteiger partial charge in [-0.05, 0) is 42.7 Å². The van der Waals surface area contributed by atoms with E-state index in [1.54, 1.807) is 25.4 Å². The van der Waals surface area contributed by atoms with Gasteiger partial charge < -0.3 is 15.0 Å². The van der Waals surface area contributed by atoms with Crippen molar-refractivity contribution < 1.29 is 14.3 Å². The topological polar surface area (TPSA) is 108 Å². The summed E-state index contributed by atoms with van der Waals surface area (Å²) >= 11 is 0. The predicted molar refractivity (Wildman–Crippen MR) is 120 cm³/mol. The van der Waals surface area contributed by atoms with Gasteiger partial charge in [-0.3, -0.25) is 14.6 Å². The third-order valence-corrected chi connectivity index (χ3v) is 5.87. The number of aromatic nitrogens is 2. The summed E-state index contributed by atoms with van der Waals surface area (Å²) in [6.07, 6.45) is 4.90. The lowest BCUT2D eigenvalue weighted by Gasteiger charge is -2.18. The molecule has 7 heteroatoms. The van der Waals surface area contributed by atoms with E-state index in [1.165, 1.54) is 0 Å². The van der Waals surface area contributed by atoms with Gasteiger partial charge >= 0.3 is 0 Å². The first-order chi connectivity index (χ1) is 15.6. The fourth-order valence-electron chi connectivity index (χ4n) is 3.97. The van der Waals surface area contributed by atoms with Crippen LogP contribution in [0.25, 0.3) is 10.9 Å². The standard InChI is InChI=1S/C25H26N4O3/c1-32-24-7-4-6-21-20(24)14-22(29-21)23(30)12-17(11-16-8-9-16)25(31)28-19(15-26)13-18-5-2-3-10-27-18/h2-7,10,14,16-17,19,29H,8-9,11-13H2,1H3,(H,28,31)/t17-,19+/m1/s1. The molecule has 7 nitrogen and oxygen atoms in total. The lowest BCUT2D eigenvalue weighted by atomic mass is 9.93. The number of hydrogen-bond acceptors (Lipinski definition) is 5. The first-order valence-corrected chi connectivity index (χ1v) is 10.9. The summed E-state index contributed by atoms with van der Waals surface area (Å²) in [5.74, 6) is 0.320. The van der Waals surface area contributed by atoms with E-state index >= 15 is 0 Å². The minimum Gasteiger partial charge on any atom is -0.496 e. The number of nitriles is 1. The summed E-state index contributed by atoms with van der Waals surface area (Å²) in [6.45, 7) is 0. The summed E-state index contributed by atoms with van der Waals surface area (Å²) in [6, 6.07) is 14.3. The van der Waals surface area contributed by atoms with Crippen molar-refractivity contribution in [2.24, 2.45) is 11.8 Å². The first-order valence-electron chi connectivity index (χ1n) is 10.9. The Labute approximate surface area is 186 Å². The van der Waals surface area contributed by atoms with Crippen LogP contribution in [0.1, 0.15) is 41.9 Å². The molecule has 0 aliphatic heterocycles. The Kier molecular flexibility index (Phi) is 6.50. The molecule has 2 heterocycles. The number of Topliss-reactive ketones (excluding diaryl/α,β-unsaturated/α-hetero) is 1. The van der Waals surface area contributed by atoms with Gasteiger partial charge in [0.2, 0.25) is 5.91 Å². The number of nitrogens with zero attached hydrogens (tertiary/aromatic N) is 2. The number of ketones is 1. The summed E-state index contributed by atoms with van der Waals surface area (Å²) < 4.78 is 5.37. The van der Waals surface area contributed by atoms with Crippen molar-refractivity contribution in [3.05, 3.63) is 60.0 Å². The average Bonchev–Trinajstić information content (AvgIpc) is 3.52. The van der Waals surface area contributed by atoms with Crippen LogP contribution in [0.4, 0.5) is 0 Å². The number of aromatic amines is 1. The minimum absolute atomic E-state index is 0.0964. The highest BCUT2D eigenvalue weighted by atomic mass is 16.5. The number of carbonyl (C=O) groups is 2. The number of hydrogen-bond donors (Lipinski definition) is 2. The Balaban J connectivity index is 1.46. The van der Waals surface area contributed by atoms with Crippen LogP contribution >= 0.6 is 0 Å². The molecule has 1 aromatic carbocycles. The quantitative estimate of drug-likeness (QED) is 0.476. The molecule has 0 spiro atoms. The summed E-state index contributed by atoms with van der Waals surface area (Å²) in [4.78, 5) is 33.5. The average molecular weight is 431 g/mol. The van der Waals surface area contributed by atoms with Crippen LogP contribution in [0, 0.1) is 23.2 Å². The largest absolute Gasteiger partial charge is 0.496 e. The normalized spacial score (nSPS) is 15.0. The van der Waals surface area contributed by atoms with Gasteiger partial charge in [0.1, 0.15) is 11.8 Å². The molecule has 0 bridgehead atoms. The smallest absolute Gasteiger partial charge is 0.224 e. The summed E-state index contributed by atoms with van der Waals surface area (Å²) in [5, 5.41) is 13.2. The van der Waals surface area contributed by atoms with Crippen molar-refractivity contribution in [3.63, 3.8) is 0 Å². The van der Waals surface area contributed by atoms with Crippen LogP contribution in [-0.4, -0.2) is 34.8 Å². The highest BCUT2D eigenvalue weighted by Crippen LogP contribution is 2.37. The Morgan fingerprint density at radius 1 is 1.28 bits per heavy atom. The molecule has 0 saturated heterocycles. The molecular weight excluding hydrogens is 404 g/mol. The molecular formula is C25H26N4O3. The maximum atomic E-state index is 13.0. The Hall–Kier alpha value is -3.66. The number of methoxy groups -OCH3 is 1. The van der Waals surface area contributed by atoms with Crippen LogP contribution in [0.5, 0.6) is 5.75 Å². The number of ether oxygens (including phenoxy) is 1. The van der Waals surface area contributed by atoms with Gasteiger partial charge in [-0.2, -0.15) is 5.26 Å². The number of nitrogens with one attached hydrogen (secondary N) is 2. The number of H-pyrrole nitrogens is 1. The maximum Gasteiger partial charge on any atom is 0.224 e. The molecule has 2 N–H and O–H groups in total. The lowest BCUT2D eigenvalue weighted by Crippen LogP contribution is -2.40. The van der Waals surface area contributed by atoms with E-state index in [4.69, 9.17) is 4.74 Å². The number of fused-ring (bicyclic) bond motifs is 1. The lowest BCUT2D eigenvalue weighted by molar-refractivity contribution is -0.125. The van der Waals surface area contributed by atoms with E-state index in [1.807, 2.05) is 30.3 Å². The highest BCUT2D eigenvalue weighted by Gasteiger charge is 2.32. The van der Waals surface area contributed by atoms with Crippen LogP contribution in [0.15, 0.2) is 48.7 Å². The molecule has 0 radical (unpaired) electrons. The number of carbonyl (C=O) groups excluding carboxylic acids is 2. The van der Waals surface area contributed by atoms with Gasteiger partial charge in [-0.25, -0.2) is 0 Å². The second kappa shape index (κ2) is 9.65. The van der Waals surface area contributed by atoms with Gasteiger partial charge in [-0.15, -0.1) is 0 Å². The molecule has 1 saturated carbocycles. The van der Waals surface area contributed by atoms with E-state index in [9.17, 15) is 14.9 Å². The third-order valence-electron chi connectivity index (χ3n) is 5.87. The van der Waals surface area contributed by atoms with Gasteiger partial charge in [0.05, 0.1) is 18.9 Å². The van der Waals surface area contributed by atoms with Gasteiger partial charge in [-0.1, -0.05) is 25.0 Å². The highest BCUT2D eigenvalue weighted by molar-refractivity contribution is 6.02. The second-order valence-corrected chi connectivity index (χ2v) is 8.32. The van der Waals surface area contributed by atoms with Gasteiger partial charge in [0.15, 0.2) is 5.78 Å². The first kappa shape index (κ1) is 21.6. The number of rotatable bonds is 10. The Bertz CT molecular complexity index is 1140. The molecule has 1 aliphatic rings. The van der Waals surface area contributed by atoms with E-state index in [0.29, 0.717) is 30.2 Å². The number of benzene rings is 1. The fraction of sp³-hybridized carbons (Fsp3) is 0.360. The molecule has 164 valence electrons. The van der Waals surface area contributed by atoms with Crippen LogP contribution in [0.3, 0.4) is 0 Å². The summed E-state index contributed by atoms with van der Waals surface area (Å²) in [7, 11) is 1.59.